The maximum absolute atomic E-state index is 11.2. The second-order valence-electron chi connectivity index (χ2n) is 4.30. The van der Waals surface area contributed by atoms with Crippen molar-refractivity contribution in [3.05, 3.63) is 36.0 Å². The predicted molar refractivity (Wildman–Crippen MR) is 74.1 cm³/mol. The van der Waals surface area contributed by atoms with Crippen molar-refractivity contribution in [3.63, 3.8) is 0 Å². The highest BCUT2D eigenvalue weighted by Gasteiger charge is 2.13. The van der Waals surface area contributed by atoms with Crippen LogP contribution in [0, 0.1) is 0 Å². The number of aryl methyl sites for hydroxylation is 1. The highest BCUT2D eigenvalue weighted by Crippen LogP contribution is 2.23. The fraction of sp³-hybridized carbons (Fsp3) is 0.167. The molecule has 2 rings (SSSR count). The van der Waals surface area contributed by atoms with Crippen molar-refractivity contribution in [1.29, 1.82) is 0 Å². The van der Waals surface area contributed by atoms with Crippen LogP contribution in [0.5, 0.6) is 0 Å². The molecule has 0 atom stereocenters. The van der Waals surface area contributed by atoms with E-state index in [4.69, 9.17) is 5.11 Å². The van der Waals surface area contributed by atoms with Gasteiger partial charge in [0, 0.05) is 18.3 Å². The molecule has 0 radical (unpaired) electrons. The van der Waals surface area contributed by atoms with E-state index >= 15 is 0 Å². The lowest BCUT2D eigenvalue weighted by Crippen LogP contribution is -2.09. The van der Waals surface area contributed by atoms with E-state index in [-0.39, 0.29) is 5.69 Å². The number of hydrogen-bond donors (Lipinski definition) is 2. The summed E-state index contributed by atoms with van der Waals surface area (Å²) in [5.41, 5.74) is 1.59. The molecule has 0 spiro atoms. The average Bonchev–Trinajstić information content (AvgIpc) is 2.69. The fourth-order valence-corrected chi connectivity index (χ4v) is 2.35. The fourth-order valence-electron chi connectivity index (χ4n) is 1.80. The molecule has 8 heteroatoms. The van der Waals surface area contributed by atoms with Gasteiger partial charge in [-0.15, -0.1) is 0 Å². The number of hydrogen-bond acceptors (Lipinski definition) is 4. The van der Waals surface area contributed by atoms with Gasteiger partial charge in [-0.1, -0.05) is 12.1 Å². The summed E-state index contributed by atoms with van der Waals surface area (Å²) in [7, 11) is -1.74. The molecule has 1 aromatic heterocycles. The molecule has 0 aliphatic rings. The van der Waals surface area contributed by atoms with Gasteiger partial charge in [0.25, 0.3) is 0 Å². The third-order valence-corrected chi connectivity index (χ3v) is 3.17. The van der Waals surface area contributed by atoms with Gasteiger partial charge in [0.15, 0.2) is 5.69 Å². The van der Waals surface area contributed by atoms with Crippen LogP contribution in [-0.4, -0.2) is 35.5 Å². The van der Waals surface area contributed by atoms with E-state index in [0.29, 0.717) is 16.9 Å². The Morgan fingerprint density at radius 1 is 1.35 bits per heavy atom. The van der Waals surface area contributed by atoms with Crippen LogP contribution in [0.15, 0.2) is 30.3 Å². The number of benzene rings is 1. The molecule has 0 bridgehead atoms. The summed E-state index contributed by atoms with van der Waals surface area (Å²) in [6.07, 6.45) is 1.06. The van der Waals surface area contributed by atoms with Crippen molar-refractivity contribution in [3.8, 4) is 11.3 Å². The summed E-state index contributed by atoms with van der Waals surface area (Å²) in [4.78, 5) is 10.9. The molecule has 0 aliphatic heterocycles. The first-order valence-corrected chi connectivity index (χ1v) is 7.51. The van der Waals surface area contributed by atoms with Crippen LogP contribution in [0.4, 0.5) is 5.69 Å². The molecule has 20 heavy (non-hydrogen) atoms. The Morgan fingerprint density at radius 3 is 2.60 bits per heavy atom. The number of aromatic nitrogens is 2. The molecule has 7 nitrogen and oxygen atoms in total. The number of aromatic carboxylic acids is 1. The van der Waals surface area contributed by atoms with E-state index in [1.165, 1.54) is 10.7 Å². The highest BCUT2D eigenvalue weighted by molar-refractivity contribution is 7.92. The van der Waals surface area contributed by atoms with Crippen LogP contribution in [0.3, 0.4) is 0 Å². The predicted octanol–water partition coefficient (Wildman–Crippen LogP) is 1.16. The Bertz CT molecular complexity index is 765. The molecular formula is C12H13N3O4S. The van der Waals surface area contributed by atoms with E-state index < -0.39 is 16.0 Å². The van der Waals surface area contributed by atoms with Crippen molar-refractivity contribution < 1.29 is 18.3 Å². The lowest BCUT2D eigenvalue weighted by molar-refractivity contribution is 0.0689. The molecule has 0 unspecified atom stereocenters. The maximum Gasteiger partial charge on any atom is 0.356 e. The average molecular weight is 295 g/mol. The van der Waals surface area contributed by atoms with Gasteiger partial charge >= 0.3 is 5.97 Å². The summed E-state index contributed by atoms with van der Waals surface area (Å²) >= 11 is 0. The van der Waals surface area contributed by atoms with Crippen LogP contribution < -0.4 is 4.72 Å². The number of anilines is 1. The van der Waals surface area contributed by atoms with E-state index in [1.54, 1.807) is 31.3 Å². The van der Waals surface area contributed by atoms with Gasteiger partial charge in [0.05, 0.1) is 11.9 Å². The van der Waals surface area contributed by atoms with E-state index in [2.05, 4.69) is 9.82 Å². The van der Waals surface area contributed by atoms with Gasteiger partial charge < -0.3 is 5.11 Å². The first kappa shape index (κ1) is 14.1. The van der Waals surface area contributed by atoms with Gasteiger partial charge in [-0.05, 0) is 18.2 Å². The van der Waals surface area contributed by atoms with Crippen molar-refractivity contribution in [2.45, 2.75) is 0 Å². The minimum atomic E-state index is -3.36. The molecule has 1 aromatic carbocycles. The van der Waals surface area contributed by atoms with Gasteiger partial charge in [-0.2, -0.15) is 5.10 Å². The SMILES string of the molecule is Cn1nc(C(=O)O)cc1-c1cccc(NS(C)(=O)=O)c1. The molecule has 1 heterocycles. The van der Waals surface area contributed by atoms with Gasteiger partial charge in [-0.3, -0.25) is 9.40 Å². The van der Waals surface area contributed by atoms with E-state index in [0.717, 1.165) is 6.26 Å². The number of rotatable bonds is 4. The van der Waals surface area contributed by atoms with Gasteiger partial charge in [0.2, 0.25) is 10.0 Å². The second kappa shape index (κ2) is 4.97. The zero-order chi connectivity index (χ0) is 14.9. The number of carboxylic acids is 1. The molecule has 0 saturated heterocycles. The Labute approximate surface area is 115 Å². The summed E-state index contributed by atoms with van der Waals surface area (Å²) in [5, 5.41) is 12.8. The summed E-state index contributed by atoms with van der Waals surface area (Å²) < 4.78 is 26.2. The third-order valence-electron chi connectivity index (χ3n) is 2.56. The number of nitrogens with zero attached hydrogens (tertiary/aromatic N) is 2. The number of carbonyl (C=O) groups is 1. The van der Waals surface area contributed by atoms with E-state index in [1.807, 2.05) is 0 Å². The largest absolute Gasteiger partial charge is 0.476 e. The van der Waals surface area contributed by atoms with Crippen molar-refractivity contribution in [2.75, 3.05) is 11.0 Å². The topological polar surface area (TPSA) is 101 Å². The normalized spacial score (nSPS) is 11.3. The van der Waals surface area contributed by atoms with Crippen molar-refractivity contribution in [1.82, 2.24) is 9.78 Å². The summed E-state index contributed by atoms with van der Waals surface area (Å²) in [6.45, 7) is 0. The van der Waals surface area contributed by atoms with Crippen LogP contribution in [0.25, 0.3) is 11.3 Å². The number of nitrogens with one attached hydrogen (secondary N) is 1. The first-order valence-electron chi connectivity index (χ1n) is 5.62. The molecule has 0 saturated carbocycles. The lowest BCUT2D eigenvalue weighted by Gasteiger charge is -2.06. The zero-order valence-electron chi connectivity index (χ0n) is 10.9. The summed E-state index contributed by atoms with van der Waals surface area (Å²) in [6, 6.07) is 8.08. The van der Waals surface area contributed by atoms with Crippen LogP contribution in [-0.2, 0) is 17.1 Å². The third kappa shape index (κ3) is 3.15. The quantitative estimate of drug-likeness (QED) is 0.881. The standard InChI is InChI=1S/C12H13N3O4S/c1-15-11(7-10(13-15)12(16)17)8-4-3-5-9(6-8)14-20(2,18)19/h3-7,14H,1-2H3,(H,16,17). The monoisotopic (exact) mass is 295 g/mol. The summed E-state index contributed by atoms with van der Waals surface area (Å²) in [5.74, 6) is -1.11. The van der Waals surface area contributed by atoms with Crippen LogP contribution in [0.1, 0.15) is 10.5 Å². The highest BCUT2D eigenvalue weighted by atomic mass is 32.2. The molecule has 0 aliphatic carbocycles. The second-order valence-corrected chi connectivity index (χ2v) is 6.05. The Kier molecular flexibility index (Phi) is 3.49. The van der Waals surface area contributed by atoms with Crippen LogP contribution in [0.2, 0.25) is 0 Å². The minimum absolute atomic E-state index is 0.0658. The molecule has 106 valence electrons. The smallest absolute Gasteiger partial charge is 0.356 e. The zero-order valence-corrected chi connectivity index (χ0v) is 11.7. The lowest BCUT2D eigenvalue weighted by atomic mass is 10.1. The maximum atomic E-state index is 11.2. The molecule has 2 aromatic rings. The van der Waals surface area contributed by atoms with Crippen molar-refractivity contribution >= 4 is 21.7 Å². The Morgan fingerprint density at radius 2 is 2.05 bits per heavy atom. The first-order chi connectivity index (χ1) is 9.26. The van der Waals surface area contributed by atoms with Crippen LogP contribution >= 0.6 is 0 Å². The Hall–Kier alpha value is -2.35. The van der Waals surface area contributed by atoms with Crippen molar-refractivity contribution in [2.24, 2.45) is 7.05 Å². The molecule has 0 amide bonds. The molecular weight excluding hydrogens is 282 g/mol. The van der Waals surface area contributed by atoms with Gasteiger partial charge in [-0.25, -0.2) is 13.2 Å². The van der Waals surface area contributed by atoms with Gasteiger partial charge in [0.1, 0.15) is 0 Å². The molecule has 0 fully saturated rings. The Balaban J connectivity index is 2.43. The molecule has 2 N–H and O–H groups in total. The number of sulfonamides is 1. The minimum Gasteiger partial charge on any atom is -0.476 e. The number of carboxylic acid groups (broad SMARTS) is 1. The van der Waals surface area contributed by atoms with E-state index in [9.17, 15) is 13.2 Å².